The number of fused-ring (bicyclic) bond motifs is 1. The maximum Gasteiger partial charge on any atom is 0.258 e. The molecule has 2 fully saturated rings. The van der Waals surface area contributed by atoms with Crippen molar-refractivity contribution in [2.24, 2.45) is 5.92 Å². The van der Waals surface area contributed by atoms with E-state index in [2.05, 4.69) is 0 Å². The molecule has 1 amide bonds. The topological polar surface area (TPSA) is 66.8 Å². The monoisotopic (exact) mass is 339 g/mol. The van der Waals surface area contributed by atoms with Crippen LogP contribution in [-0.2, 0) is 9.53 Å². The predicted molar refractivity (Wildman–Crippen MR) is 93.6 cm³/mol. The van der Waals surface area contributed by atoms with E-state index < -0.39 is 0 Å². The summed E-state index contributed by atoms with van der Waals surface area (Å²) in [6.07, 6.45) is 2.27. The van der Waals surface area contributed by atoms with Crippen LogP contribution in [-0.4, -0.2) is 47.5 Å². The zero-order chi connectivity index (χ0) is 17.4. The quantitative estimate of drug-likeness (QED) is 0.914. The maximum atomic E-state index is 13.1. The van der Waals surface area contributed by atoms with E-state index in [4.69, 9.17) is 4.74 Å². The highest BCUT2D eigenvalue weighted by atomic mass is 16.5. The van der Waals surface area contributed by atoms with Gasteiger partial charge in [0.15, 0.2) is 0 Å². The SMILES string of the molecule is O=C1CCCC1C1COCCN1C(=O)c1ccc2ccccc2c1O. The second kappa shape index (κ2) is 6.48. The third-order valence-electron chi connectivity index (χ3n) is 5.37. The van der Waals surface area contributed by atoms with Gasteiger partial charge in [0.1, 0.15) is 11.5 Å². The largest absolute Gasteiger partial charge is 0.506 e. The van der Waals surface area contributed by atoms with Gasteiger partial charge in [-0.2, -0.15) is 0 Å². The predicted octanol–water partition coefficient (Wildman–Crippen LogP) is 2.76. The summed E-state index contributed by atoms with van der Waals surface area (Å²) in [7, 11) is 0. The van der Waals surface area contributed by atoms with Gasteiger partial charge in [-0.05, 0) is 24.3 Å². The third kappa shape index (κ3) is 2.78. The van der Waals surface area contributed by atoms with Crippen LogP contribution in [0.1, 0.15) is 29.6 Å². The number of nitrogens with zero attached hydrogens (tertiary/aromatic N) is 1. The molecule has 4 rings (SSSR count). The molecule has 0 aromatic heterocycles. The minimum absolute atomic E-state index is 0.00564. The summed E-state index contributed by atoms with van der Waals surface area (Å²) in [4.78, 5) is 27.0. The lowest BCUT2D eigenvalue weighted by molar-refractivity contribution is -0.124. The van der Waals surface area contributed by atoms with Gasteiger partial charge in [-0.25, -0.2) is 0 Å². The molecule has 2 unspecified atom stereocenters. The van der Waals surface area contributed by atoms with Crippen LogP contribution in [0.5, 0.6) is 5.75 Å². The highest BCUT2D eigenvalue weighted by Crippen LogP contribution is 2.33. The second-order valence-corrected chi connectivity index (χ2v) is 6.79. The van der Waals surface area contributed by atoms with Crippen LogP contribution in [0.2, 0.25) is 0 Å². The van der Waals surface area contributed by atoms with Gasteiger partial charge in [-0.1, -0.05) is 30.3 Å². The molecule has 2 aromatic carbocycles. The van der Waals surface area contributed by atoms with E-state index in [-0.39, 0.29) is 35.0 Å². The molecule has 1 heterocycles. The molecule has 5 nitrogen and oxygen atoms in total. The minimum atomic E-state index is -0.234. The lowest BCUT2D eigenvalue weighted by Gasteiger charge is -2.38. The van der Waals surface area contributed by atoms with Crippen LogP contribution < -0.4 is 0 Å². The summed E-state index contributed by atoms with van der Waals surface area (Å²) in [5, 5.41) is 12.2. The number of carbonyl (C=O) groups is 2. The first kappa shape index (κ1) is 16.1. The molecule has 0 radical (unpaired) electrons. The number of phenols is 1. The number of Topliss-reactive ketones (excluding diaryl/α,β-unsaturated/α-hetero) is 1. The van der Waals surface area contributed by atoms with Crippen molar-refractivity contribution < 1.29 is 19.4 Å². The van der Waals surface area contributed by atoms with Crippen molar-refractivity contribution in [1.29, 1.82) is 0 Å². The van der Waals surface area contributed by atoms with Crippen LogP contribution in [0.25, 0.3) is 10.8 Å². The van der Waals surface area contributed by atoms with Crippen molar-refractivity contribution in [1.82, 2.24) is 4.90 Å². The molecule has 2 atom stereocenters. The van der Waals surface area contributed by atoms with Gasteiger partial charge in [0, 0.05) is 24.3 Å². The van der Waals surface area contributed by atoms with Gasteiger partial charge < -0.3 is 14.7 Å². The number of morpholine rings is 1. The number of amides is 1. The Morgan fingerprint density at radius 1 is 1.20 bits per heavy atom. The Hall–Kier alpha value is -2.40. The lowest BCUT2D eigenvalue weighted by atomic mass is 9.94. The summed E-state index contributed by atoms with van der Waals surface area (Å²) in [5.74, 6) is -0.148. The minimum Gasteiger partial charge on any atom is -0.506 e. The molecular formula is C20H21NO4. The molecule has 0 bridgehead atoms. The number of carbonyl (C=O) groups excluding carboxylic acids is 2. The highest BCUT2D eigenvalue weighted by Gasteiger charge is 2.40. The fourth-order valence-electron chi connectivity index (χ4n) is 4.04. The molecule has 5 heteroatoms. The summed E-state index contributed by atoms with van der Waals surface area (Å²) < 4.78 is 5.55. The number of hydrogen-bond acceptors (Lipinski definition) is 4. The van der Waals surface area contributed by atoms with Crippen LogP contribution in [0, 0.1) is 5.92 Å². The Balaban J connectivity index is 1.69. The molecule has 1 aliphatic carbocycles. The summed E-state index contributed by atoms with van der Waals surface area (Å²) in [6.45, 7) is 1.29. The fourth-order valence-corrected chi connectivity index (χ4v) is 4.04. The molecule has 130 valence electrons. The number of ketones is 1. The van der Waals surface area contributed by atoms with Crippen molar-refractivity contribution in [3.8, 4) is 5.75 Å². The van der Waals surface area contributed by atoms with Crippen molar-refractivity contribution in [2.75, 3.05) is 19.8 Å². The van der Waals surface area contributed by atoms with Gasteiger partial charge in [0.25, 0.3) is 5.91 Å². The summed E-state index contributed by atoms with van der Waals surface area (Å²) in [5.41, 5.74) is 0.288. The zero-order valence-electron chi connectivity index (χ0n) is 14.0. The van der Waals surface area contributed by atoms with Crippen molar-refractivity contribution in [3.63, 3.8) is 0 Å². The average molecular weight is 339 g/mol. The van der Waals surface area contributed by atoms with Gasteiger partial charge in [-0.3, -0.25) is 9.59 Å². The molecule has 0 spiro atoms. The molecule has 2 aromatic rings. The molecule has 1 saturated heterocycles. The molecule has 1 N–H and O–H groups in total. The van der Waals surface area contributed by atoms with E-state index in [0.29, 0.717) is 31.6 Å². The van der Waals surface area contributed by atoms with E-state index in [1.807, 2.05) is 24.3 Å². The van der Waals surface area contributed by atoms with E-state index >= 15 is 0 Å². The van der Waals surface area contributed by atoms with E-state index in [0.717, 1.165) is 18.2 Å². The molecule has 25 heavy (non-hydrogen) atoms. The second-order valence-electron chi connectivity index (χ2n) is 6.79. The van der Waals surface area contributed by atoms with Gasteiger partial charge >= 0.3 is 0 Å². The van der Waals surface area contributed by atoms with Gasteiger partial charge in [0.05, 0.1) is 24.8 Å². The average Bonchev–Trinajstić information content (AvgIpc) is 3.07. The Morgan fingerprint density at radius 2 is 2.04 bits per heavy atom. The first-order valence-corrected chi connectivity index (χ1v) is 8.79. The first-order valence-electron chi connectivity index (χ1n) is 8.79. The van der Waals surface area contributed by atoms with Crippen LogP contribution in [0.15, 0.2) is 36.4 Å². The highest BCUT2D eigenvalue weighted by molar-refractivity contribution is 6.04. The smallest absolute Gasteiger partial charge is 0.258 e. The number of phenolic OH excluding ortho intramolecular Hbond substituents is 1. The number of hydrogen-bond donors (Lipinski definition) is 1. The summed E-state index contributed by atoms with van der Waals surface area (Å²) in [6, 6.07) is 10.7. The van der Waals surface area contributed by atoms with Crippen LogP contribution in [0.3, 0.4) is 0 Å². The first-order chi connectivity index (χ1) is 12.2. The Bertz CT molecular complexity index is 832. The van der Waals surface area contributed by atoms with Crippen molar-refractivity contribution in [3.05, 3.63) is 42.0 Å². The molecule has 1 aliphatic heterocycles. The Kier molecular flexibility index (Phi) is 4.17. The Labute approximate surface area is 146 Å². The maximum absolute atomic E-state index is 13.1. The third-order valence-corrected chi connectivity index (χ3v) is 5.37. The number of benzene rings is 2. The van der Waals surface area contributed by atoms with Crippen LogP contribution >= 0.6 is 0 Å². The molecular weight excluding hydrogens is 318 g/mol. The number of aromatic hydroxyl groups is 1. The molecule has 2 aliphatic rings. The summed E-state index contributed by atoms with van der Waals surface area (Å²) >= 11 is 0. The lowest BCUT2D eigenvalue weighted by Crippen LogP contribution is -2.53. The molecule has 1 saturated carbocycles. The fraction of sp³-hybridized carbons (Fsp3) is 0.400. The zero-order valence-corrected chi connectivity index (χ0v) is 14.0. The number of rotatable bonds is 2. The van der Waals surface area contributed by atoms with Crippen molar-refractivity contribution in [2.45, 2.75) is 25.3 Å². The van der Waals surface area contributed by atoms with Gasteiger partial charge in [0.2, 0.25) is 0 Å². The van der Waals surface area contributed by atoms with Crippen LogP contribution in [0.4, 0.5) is 0 Å². The van der Waals surface area contributed by atoms with E-state index in [1.54, 1.807) is 17.0 Å². The van der Waals surface area contributed by atoms with E-state index in [1.165, 1.54) is 0 Å². The normalized spacial score (nSPS) is 24.0. The van der Waals surface area contributed by atoms with E-state index in [9.17, 15) is 14.7 Å². The van der Waals surface area contributed by atoms with Gasteiger partial charge in [-0.15, -0.1) is 0 Å². The van der Waals surface area contributed by atoms with Crippen molar-refractivity contribution >= 4 is 22.5 Å². The standard InChI is InChI=1S/C20H21NO4/c22-18-7-3-6-15(18)17-12-25-11-10-21(17)20(24)16-9-8-13-4-1-2-5-14(13)19(16)23/h1-2,4-5,8-9,15,17,23H,3,6-7,10-12H2. The Morgan fingerprint density at radius 3 is 2.84 bits per heavy atom. The number of ether oxygens (including phenoxy) is 1.